The van der Waals surface area contributed by atoms with Gasteiger partial charge in [0.25, 0.3) is 5.56 Å². The number of aromatic carboxylic acids is 1. The van der Waals surface area contributed by atoms with E-state index in [2.05, 4.69) is 6.07 Å². The van der Waals surface area contributed by atoms with E-state index in [4.69, 9.17) is 21.4 Å². The lowest BCUT2D eigenvalue weighted by Crippen LogP contribution is -2.25. The number of aromatic nitrogens is 1. The Morgan fingerprint density at radius 2 is 1.62 bits per heavy atom. The molecule has 0 aliphatic rings. The fraction of sp³-hybridized carbons (Fsp3) is 0.0741. The zero-order valence-corrected chi connectivity index (χ0v) is 18.9. The standard InChI is InChI=1S/C27H19ClN2O4/c1-34-22-12-8-19(9-13-22)25-14-23(18-6-10-21(28)11-7-18)24(15-29)26(31)30(25)16-17-2-4-20(5-3-17)27(32)33/h2-14H,16H2,1H3,(H,32,33). The maximum Gasteiger partial charge on any atom is 0.335 e. The van der Waals surface area contributed by atoms with Crippen LogP contribution < -0.4 is 10.3 Å². The van der Waals surface area contributed by atoms with E-state index in [0.717, 1.165) is 11.1 Å². The van der Waals surface area contributed by atoms with Gasteiger partial charge in [-0.25, -0.2) is 4.79 Å². The minimum absolute atomic E-state index is 0.0155. The molecule has 0 unspecified atom stereocenters. The van der Waals surface area contributed by atoms with Gasteiger partial charge in [0.2, 0.25) is 0 Å². The molecule has 4 rings (SSSR count). The number of carboxylic acids is 1. The third-order valence-corrected chi connectivity index (χ3v) is 5.75. The van der Waals surface area contributed by atoms with E-state index in [1.165, 1.54) is 16.7 Å². The van der Waals surface area contributed by atoms with Crippen molar-refractivity contribution in [1.82, 2.24) is 4.57 Å². The van der Waals surface area contributed by atoms with Gasteiger partial charge in [0.1, 0.15) is 17.4 Å². The molecular weight excluding hydrogens is 452 g/mol. The minimum atomic E-state index is -1.03. The molecule has 0 aliphatic carbocycles. The summed E-state index contributed by atoms with van der Waals surface area (Å²) in [7, 11) is 1.58. The highest BCUT2D eigenvalue weighted by atomic mass is 35.5. The fourth-order valence-electron chi connectivity index (χ4n) is 3.70. The van der Waals surface area contributed by atoms with Gasteiger partial charge in [-0.3, -0.25) is 4.79 Å². The molecule has 6 nitrogen and oxygen atoms in total. The Morgan fingerprint density at radius 1 is 1.00 bits per heavy atom. The first-order chi connectivity index (χ1) is 16.4. The molecule has 0 saturated carbocycles. The predicted molar refractivity (Wildman–Crippen MR) is 130 cm³/mol. The van der Waals surface area contributed by atoms with Crippen LogP contribution in [0.15, 0.2) is 83.7 Å². The van der Waals surface area contributed by atoms with Gasteiger partial charge in [-0.05, 0) is 71.3 Å². The maximum atomic E-state index is 13.6. The maximum absolute atomic E-state index is 13.6. The molecule has 4 aromatic rings. The monoisotopic (exact) mass is 470 g/mol. The summed E-state index contributed by atoms with van der Waals surface area (Å²) in [5, 5.41) is 19.6. The first-order valence-corrected chi connectivity index (χ1v) is 10.7. The number of hydrogen-bond acceptors (Lipinski definition) is 4. The van der Waals surface area contributed by atoms with Crippen LogP contribution in [0.5, 0.6) is 5.75 Å². The second kappa shape index (κ2) is 9.65. The smallest absolute Gasteiger partial charge is 0.335 e. The number of nitriles is 1. The number of carbonyl (C=O) groups is 1. The average Bonchev–Trinajstić information content (AvgIpc) is 2.86. The SMILES string of the molecule is COc1ccc(-c2cc(-c3ccc(Cl)cc3)c(C#N)c(=O)n2Cc2ccc(C(=O)O)cc2)cc1. The lowest BCUT2D eigenvalue weighted by molar-refractivity contribution is 0.0697. The van der Waals surface area contributed by atoms with Crippen molar-refractivity contribution in [3.05, 3.63) is 111 Å². The first kappa shape index (κ1) is 22.8. The molecule has 0 radical (unpaired) electrons. The van der Waals surface area contributed by atoms with Crippen molar-refractivity contribution in [3.63, 3.8) is 0 Å². The Balaban J connectivity index is 1.92. The summed E-state index contributed by atoms with van der Waals surface area (Å²) in [6, 6.07) is 24.4. The average molecular weight is 471 g/mol. The van der Waals surface area contributed by atoms with Crippen LogP contribution in [0, 0.1) is 11.3 Å². The number of carboxylic acid groups (broad SMARTS) is 1. The zero-order valence-electron chi connectivity index (χ0n) is 18.2. The Bertz CT molecular complexity index is 1450. The van der Waals surface area contributed by atoms with Gasteiger partial charge < -0.3 is 14.4 Å². The summed E-state index contributed by atoms with van der Waals surface area (Å²) in [6.07, 6.45) is 0. The molecule has 0 fully saturated rings. The molecule has 0 saturated heterocycles. The van der Waals surface area contributed by atoms with Crippen molar-refractivity contribution in [2.45, 2.75) is 6.54 Å². The highest BCUT2D eigenvalue weighted by Crippen LogP contribution is 2.30. The number of halogens is 1. The van der Waals surface area contributed by atoms with Crippen LogP contribution in [-0.2, 0) is 6.54 Å². The van der Waals surface area contributed by atoms with Crippen molar-refractivity contribution >= 4 is 17.6 Å². The molecule has 0 bridgehead atoms. The van der Waals surface area contributed by atoms with Crippen LogP contribution in [0.1, 0.15) is 21.5 Å². The molecule has 1 N–H and O–H groups in total. The Hall–Kier alpha value is -4.34. The molecule has 0 aliphatic heterocycles. The van der Waals surface area contributed by atoms with Gasteiger partial charge in [0.15, 0.2) is 0 Å². The van der Waals surface area contributed by atoms with Crippen molar-refractivity contribution in [2.24, 2.45) is 0 Å². The number of benzene rings is 3. The van der Waals surface area contributed by atoms with Gasteiger partial charge in [0, 0.05) is 10.6 Å². The summed E-state index contributed by atoms with van der Waals surface area (Å²) in [5.41, 5.74) is 3.04. The first-order valence-electron chi connectivity index (χ1n) is 10.3. The molecule has 168 valence electrons. The van der Waals surface area contributed by atoms with Gasteiger partial charge in [-0.2, -0.15) is 5.26 Å². The van der Waals surface area contributed by atoms with Crippen molar-refractivity contribution < 1.29 is 14.6 Å². The third kappa shape index (κ3) is 4.56. The number of ether oxygens (including phenoxy) is 1. The number of methoxy groups -OCH3 is 1. The number of hydrogen-bond donors (Lipinski definition) is 1. The van der Waals surface area contributed by atoms with Crippen LogP contribution in [0.25, 0.3) is 22.4 Å². The largest absolute Gasteiger partial charge is 0.497 e. The number of rotatable bonds is 6. The van der Waals surface area contributed by atoms with E-state index in [0.29, 0.717) is 27.6 Å². The molecule has 1 heterocycles. The second-order valence-corrected chi connectivity index (χ2v) is 8.00. The van der Waals surface area contributed by atoms with Crippen LogP contribution >= 0.6 is 11.6 Å². The highest BCUT2D eigenvalue weighted by Gasteiger charge is 2.18. The van der Waals surface area contributed by atoms with Gasteiger partial charge in [-0.1, -0.05) is 35.9 Å². The lowest BCUT2D eigenvalue weighted by Gasteiger charge is -2.17. The third-order valence-electron chi connectivity index (χ3n) is 5.49. The van der Waals surface area contributed by atoms with Crippen LogP contribution in [0.3, 0.4) is 0 Å². The molecule has 0 spiro atoms. The van der Waals surface area contributed by atoms with Crippen LogP contribution in [0.4, 0.5) is 0 Å². The van der Waals surface area contributed by atoms with E-state index in [9.17, 15) is 14.9 Å². The molecule has 1 aromatic heterocycles. The summed E-state index contributed by atoms with van der Waals surface area (Å²) in [4.78, 5) is 24.7. The summed E-state index contributed by atoms with van der Waals surface area (Å²) in [6.45, 7) is 0.162. The summed E-state index contributed by atoms with van der Waals surface area (Å²) >= 11 is 6.03. The Kier molecular flexibility index (Phi) is 6.48. The van der Waals surface area contributed by atoms with Gasteiger partial charge in [0.05, 0.1) is 24.9 Å². The topological polar surface area (TPSA) is 92.3 Å². The van der Waals surface area contributed by atoms with Crippen molar-refractivity contribution in [2.75, 3.05) is 7.11 Å². The van der Waals surface area contributed by atoms with Gasteiger partial charge in [-0.15, -0.1) is 0 Å². The van der Waals surface area contributed by atoms with Gasteiger partial charge >= 0.3 is 5.97 Å². The second-order valence-electron chi connectivity index (χ2n) is 7.56. The number of pyridine rings is 1. The van der Waals surface area contributed by atoms with Crippen LogP contribution in [0.2, 0.25) is 5.02 Å². The van der Waals surface area contributed by atoms with E-state index >= 15 is 0 Å². The van der Waals surface area contributed by atoms with Crippen LogP contribution in [-0.4, -0.2) is 22.8 Å². The molecule has 3 aromatic carbocycles. The molecule has 7 heteroatoms. The summed E-state index contributed by atoms with van der Waals surface area (Å²) in [5.74, 6) is -0.352. The molecule has 0 amide bonds. The predicted octanol–water partition coefficient (Wildman–Crippen LogP) is 5.46. The zero-order chi connectivity index (χ0) is 24.2. The van der Waals surface area contributed by atoms with E-state index in [-0.39, 0.29) is 17.7 Å². The van der Waals surface area contributed by atoms with E-state index in [1.807, 2.05) is 18.2 Å². The van der Waals surface area contributed by atoms with E-state index < -0.39 is 11.5 Å². The normalized spacial score (nSPS) is 10.5. The number of nitrogens with zero attached hydrogens (tertiary/aromatic N) is 2. The Labute approximate surface area is 200 Å². The summed E-state index contributed by atoms with van der Waals surface area (Å²) < 4.78 is 6.78. The van der Waals surface area contributed by atoms with Crippen molar-refractivity contribution in [1.29, 1.82) is 5.26 Å². The Morgan fingerprint density at radius 3 is 2.18 bits per heavy atom. The highest BCUT2D eigenvalue weighted by molar-refractivity contribution is 6.30. The molecular formula is C27H19ClN2O4. The molecule has 0 atom stereocenters. The fourth-order valence-corrected chi connectivity index (χ4v) is 3.83. The van der Waals surface area contributed by atoms with E-state index in [1.54, 1.807) is 55.6 Å². The minimum Gasteiger partial charge on any atom is -0.497 e. The van der Waals surface area contributed by atoms with Crippen molar-refractivity contribution in [3.8, 4) is 34.2 Å². The molecule has 34 heavy (non-hydrogen) atoms. The quantitative estimate of drug-likeness (QED) is 0.404. The lowest BCUT2D eigenvalue weighted by atomic mass is 9.98.